The van der Waals surface area contributed by atoms with Crippen molar-refractivity contribution in [1.29, 1.82) is 0 Å². The van der Waals surface area contributed by atoms with E-state index in [1.807, 2.05) is 6.07 Å². The first-order valence-corrected chi connectivity index (χ1v) is 7.44. The van der Waals surface area contributed by atoms with Gasteiger partial charge in [0.2, 0.25) is 5.91 Å². The lowest BCUT2D eigenvalue weighted by Gasteiger charge is -2.31. The first-order chi connectivity index (χ1) is 11.0. The predicted octanol–water partition coefficient (Wildman–Crippen LogP) is 0.878. The average Bonchev–Trinajstić information content (AvgIpc) is 2.55. The molecule has 0 atom stereocenters. The minimum atomic E-state index is -0.989. The summed E-state index contributed by atoms with van der Waals surface area (Å²) in [5, 5.41) is 14.5. The first kappa shape index (κ1) is 15.2. The number of hydrazone groups is 1. The second kappa shape index (κ2) is 5.83. The normalized spacial score (nSPS) is 17.6. The molecule has 2 aliphatic heterocycles. The molecule has 2 heterocycles. The molecule has 3 rings (SSSR count). The van der Waals surface area contributed by atoms with Crippen LogP contribution in [-0.4, -0.2) is 52.1 Å². The second-order valence-electron chi connectivity index (χ2n) is 5.69. The Labute approximate surface area is 133 Å². The molecule has 0 unspecified atom stereocenters. The number of carboxylic acids is 1. The van der Waals surface area contributed by atoms with Crippen LogP contribution in [0.2, 0.25) is 0 Å². The fourth-order valence-electron chi connectivity index (χ4n) is 2.96. The lowest BCUT2D eigenvalue weighted by atomic mass is 9.94. The topological polar surface area (TPSA) is 90.3 Å². The minimum absolute atomic E-state index is 0.112. The van der Waals surface area contributed by atoms with E-state index in [2.05, 4.69) is 5.10 Å². The van der Waals surface area contributed by atoms with Gasteiger partial charge in [-0.1, -0.05) is 12.1 Å². The smallest absolute Gasteiger partial charge is 0.336 e. The molecule has 0 aliphatic carbocycles. The van der Waals surface area contributed by atoms with Crippen molar-refractivity contribution in [2.45, 2.75) is 25.8 Å². The Hall–Kier alpha value is -2.70. The van der Waals surface area contributed by atoms with Crippen molar-refractivity contribution in [3.63, 3.8) is 0 Å². The van der Waals surface area contributed by atoms with E-state index in [4.69, 9.17) is 0 Å². The van der Waals surface area contributed by atoms with Crippen molar-refractivity contribution >= 4 is 23.5 Å². The molecule has 0 spiro atoms. The highest BCUT2D eigenvalue weighted by atomic mass is 16.4. The van der Waals surface area contributed by atoms with Crippen molar-refractivity contribution < 1.29 is 19.5 Å². The molecule has 120 valence electrons. The van der Waals surface area contributed by atoms with Crippen LogP contribution in [0.25, 0.3) is 0 Å². The zero-order valence-electron chi connectivity index (χ0n) is 12.8. The van der Waals surface area contributed by atoms with Crippen LogP contribution in [0, 0.1) is 0 Å². The van der Waals surface area contributed by atoms with Crippen LogP contribution < -0.4 is 0 Å². The number of carbonyl (C=O) groups is 3. The summed E-state index contributed by atoms with van der Waals surface area (Å²) in [6.45, 7) is 0.777. The summed E-state index contributed by atoms with van der Waals surface area (Å²) < 4.78 is 0. The van der Waals surface area contributed by atoms with Crippen LogP contribution in [0.5, 0.6) is 0 Å². The number of aromatic carboxylic acids is 1. The number of rotatable bonds is 2. The third kappa shape index (κ3) is 2.81. The Morgan fingerprint density at radius 2 is 2.00 bits per heavy atom. The van der Waals surface area contributed by atoms with Crippen LogP contribution in [0.4, 0.5) is 0 Å². The van der Waals surface area contributed by atoms with Crippen molar-refractivity contribution in [1.82, 2.24) is 9.91 Å². The Morgan fingerprint density at radius 1 is 1.22 bits per heavy atom. The zero-order valence-corrected chi connectivity index (χ0v) is 12.8. The number of benzene rings is 1. The molecule has 23 heavy (non-hydrogen) atoms. The quantitative estimate of drug-likeness (QED) is 0.877. The van der Waals surface area contributed by atoms with Crippen LogP contribution in [0.1, 0.15) is 34.3 Å². The van der Waals surface area contributed by atoms with E-state index >= 15 is 0 Å². The average molecular weight is 315 g/mol. The number of hydrogen-bond donors (Lipinski definition) is 1. The molecule has 7 nitrogen and oxygen atoms in total. The molecule has 2 aliphatic rings. The van der Waals surface area contributed by atoms with E-state index < -0.39 is 5.97 Å². The van der Waals surface area contributed by atoms with Gasteiger partial charge in [-0.2, -0.15) is 5.10 Å². The van der Waals surface area contributed by atoms with Crippen LogP contribution >= 0.6 is 0 Å². The van der Waals surface area contributed by atoms with E-state index in [1.165, 1.54) is 12.1 Å². The summed E-state index contributed by atoms with van der Waals surface area (Å²) in [4.78, 5) is 37.0. The van der Waals surface area contributed by atoms with E-state index in [1.54, 1.807) is 17.0 Å². The molecular formula is C16H17N3O4. The number of carbonyl (C=O) groups excluding carboxylic acids is 2. The van der Waals surface area contributed by atoms with Crippen molar-refractivity contribution in [2.75, 3.05) is 13.6 Å². The molecule has 0 bridgehead atoms. The Morgan fingerprint density at radius 3 is 2.70 bits per heavy atom. The fraction of sp³-hybridized carbons (Fsp3) is 0.375. The van der Waals surface area contributed by atoms with E-state index in [0.717, 1.165) is 5.56 Å². The second-order valence-corrected chi connectivity index (χ2v) is 5.69. The van der Waals surface area contributed by atoms with Gasteiger partial charge in [0, 0.05) is 33.0 Å². The van der Waals surface area contributed by atoms with Gasteiger partial charge in [-0.15, -0.1) is 0 Å². The third-order valence-corrected chi connectivity index (χ3v) is 4.24. The predicted molar refractivity (Wildman–Crippen MR) is 82.0 cm³/mol. The molecule has 1 aromatic rings. The summed E-state index contributed by atoms with van der Waals surface area (Å²) >= 11 is 0. The van der Waals surface area contributed by atoms with Gasteiger partial charge in [0.1, 0.15) is 5.71 Å². The molecule has 0 aromatic heterocycles. The first-order valence-electron chi connectivity index (χ1n) is 7.44. The lowest BCUT2D eigenvalue weighted by Crippen LogP contribution is -2.43. The summed E-state index contributed by atoms with van der Waals surface area (Å²) in [6, 6.07) is 5.18. The number of fused-ring (bicyclic) bond motifs is 1. The maximum absolute atomic E-state index is 12.6. The maximum Gasteiger partial charge on any atom is 0.336 e. The Kier molecular flexibility index (Phi) is 3.85. The number of carboxylic acid groups (broad SMARTS) is 1. The van der Waals surface area contributed by atoms with Gasteiger partial charge in [0.05, 0.1) is 5.56 Å². The van der Waals surface area contributed by atoms with Crippen molar-refractivity contribution in [2.24, 2.45) is 5.10 Å². The van der Waals surface area contributed by atoms with Gasteiger partial charge in [-0.3, -0.25) is 9.59 Å². The highest BCUT2D eigenvalue weighted by molar-refractivity contribution is 6.39. The minimum Gasteiger partial charge on any atom is -0.478 e. The SMILES string of the molecule is CN1N=C(C(=O)N2CCc3cccc(C(=O)O)c3C2)CCC1=O. The molecule has 2 amide bonds. The third-order valence-electron chi connectivity index (χ3n) is 4.24. The standard InChI is InChI=1S/C16H17N3O4/c1-18-14(20)6-5-13(17-18)15(21)19-8-7-10-3-2-4-11(16(22)23)12(10)9-19/h2-4H,5-9H2,1H3,(H,22,23). The van der Waals surface area contributed by atoms with Gasteiger partial charge < -0.3 is 10.0 Å². The largest absolute Gasteiger partial charge is 0.478 e. The van der Waals surface area contributed by atoms with Crippen molar-refractivity contribution in [3.05, 3.63) is 34.9 Å². The fourth-order valence-corrected chi connectivity index (χ4v) is 2.96. The molecule has 0 saturated carbocycles. The van der Waals surface area contributed by atoms with Crippen molar-refractivity contribution in [3.8, 4) is 0 Å². The molecule has 1 aromatic carbocycles. The van der Waals surface area contributed by atoms with E-state index in [0.29, 0.717) is 30.7 Å². The summed E-state index contributed by atoms with van der Waals surface area (Å²) in [5.41, 5.74) is 2.23. The maximum atomic E-state index is 12.6. The van der Waals surface area contributed by atoms with E-state index in [-0.39, 0.29) is 30.3 Å². The van der Waals surface area contributed by atoms with Gasteiger partial charge in [0.25, 0.3) is 5.91 Å². The highest BCUT2D eigenvalue weighted by Gasteiger charge is 2.29. The Balaban J connectivity index is 1.85. The molecule has 0 saturated heterocycles. The molecule has 7 heteroatoms. The molecule has 1 N–H and O–H groups in total. The molecular weight excluding hydrogens is 298 g/mol. The van der Waals surface area contributed by atoms with Crippen LogP contribution in [0.3, 0.4) is 0 Å². The van der Waals surface area contributed by atoms with Gasteiger partial charge >= 0.3 is 5.97 Å². The number of amides is 2. The zero-order chi connectivity index (χ0) is 16.6. The lowest BCUT2D eigenvalue weighted by molar-refractivity contribution is -0.130. The molecule has 0 fully saturated rings. The molecule has 0 radical (unpaired) electrons. The Bertz CT molecular complexity index is 726. The van der Waals surface area contributed by atoms with Gasteiger partial charge in [0.15, 0.2) is 0 Å². The summed E-state index contributed by atoms with van der Waals surface area (Å²) in [6.07, 6.45) is 1.21. The summed E-state index contributed by atoms with van der Waals surface area (Å²) in [7, 11) is 1.53. The van der Waals surface area contributed by atoms with Gasteiger partial charge in [-0.05, 0) is 23.6 Å². The highest BCUT2D eigenvalue weighted by Crippen LogP contribution is 2.23. The number of hydrogen-bond acceptors (Lipinski definition) is 4. The van der Waals surface area contributed by atoms with Crippen LogP contribution in [0.15, 0.2) is 23.3 Å². The van der Waals surface area contributed by atoms with Crippen LogP contribution in [-0.2, 0) is 22.6 Å². The van der Waals surface area contributed by atoms with E-state index in [9.17, 15) is 19.5 Å². The monoisotopic (exact) mass is 315 g/mol. The summed E-state index contributed by atoms with van der Waals surface area (Å²) in [5.74, 6) is -1.33. The van der Waals surface area contributed by atoms with Gasteiger partial charge in [-0.25, -0.2) is 9.80 Å². The number of nitrogens with zero attached hydrogens (tertiary/aromatic N) is 3.